The Bertz CT molecular complexity index is 1730. The average Bonchev–Trinajstić information content (AvgIpc) is 3.56. The van der Waals surface area contributed by atoms with E-state index in [0.717, 1.165) is 0 Å². The number of carbonyl (C=O) groups is 2. The smallest absolute Gasteiger partial charge is 0.271 e. The summed E-state index contributed by atoms with van der Waals surface area (Å²) in [5.41, 5.74) is 7.68. The number of hydrogen-bond donors (Lipinski definition) is 3. The van der Waals surface area contributed by atoms with E-state index in [1.54, 1.807) is 36.9 Å². The van der Waals surface area contributed by atoms with Crippen molar-refractivity contribution in [1.29, 1.82) is 0 Å². The number of aromatic nitrogens is 3. The van der Waals surface area contributed by atoms with Gasteiger partial charge in [-0.2, -0.15) is 0 Å². The molecule has 12 heteroatoms. The number of halogens is 4. The molecule has 40 heavy (non-hydrogen) atoms. The molecule has 1 aliphatic carbocycles. The van der Waals surface area contributed by atoms with Crippen LogP contribution in [0.2, 0.25) is 5.02 Å². The van der Waals surface area contributed by atoms with Crippen molar-refractivity contribution in [3.63, 3.8) is 0 Å². The molecule has 4 N–H and O–H groups in total. The van der Waals surface area contributed by atoms with Crippen molar-refractivity contribution in [2.45, 2.75) is 25.4 Å². The molecule has 3 heterocycles. The lowest BCUT2D eigenvalue weighted by molar-refractivity contribution is -0.112. The fourth-order valence-electron chi connectivity index (χ4n) is 4.46. The lowest BCUT2D eigenvalue weighted by Gasteiger charge is -2.13. The Morgan fingerprint density at radius 3 is 2.60 bits per heavy atom. The lowest BCUT2D eigenvalue weighted by Crippen LogP contribution is -2.31. The van der Waals surface area contributed by atoms with Crippen molar-refractivity contribution in [2.75, 3.05) is 17.6 Å². The molecule has 3 aromatic heterocycles. The number of amides is 2. The number of nitrogens with zero attached hydrogens (tertiary/aromatic N) is 3. The van der Waals surface area contributed by atoms with Crippen molar-refractivity contribution < 1.29 is 18.4 Å². The van der Waals surface area contributed by atoms with Gasteiger partial charge in [-0.1, -0.05) is 18.2 Å². The molecule has 4 aromatic rings. The molecular weight excluding hydrogens is 606 g/mol. The number of pyridine rings is 2. The third-order valence-corrected chi connectivity index (χ3v) is 7.64. The summed E-state index contributed by atoms with van der Waals surface area (Å²) in [5.74, 6) is -1.44. The number of carbonyl (C=O) groups excluding carboxylic acids is 2. The van der Waals surface area contributed by atoms with Gasteiger partial charge in [-0.05, 0) is 60.0 Å². The maximum Gasteiger partial charge on any atom is 0.271 e. The van der Waals surface area contributed by atoms with Crippen LogP contribution in [0.3, 0.4) is 0 Å². The van der Waals surface area contributed by atoms with Gasteiger partial charge in [0.1, 0.15) is 23.0 Å². The zero-order valence-electron chi connectivity index (χ0n) is 21.5. The zero-order valence-corrected chi connectivity index (χ0v) is 23.9. The van der Waals surface area contributed by atoms with Gasteiger partial charge in [0.15, 0.2) is 0 Å². The summed E-state index contributed by atoms with van der Waals surface area (Å²) in [7, 11) is 1.75. The monoisotopic (exact) mass is 628 g/mol. The Morgan fingerprint density at radius 1 is 1.25 bits per heavy atom. The van der Waals surface area contributed by atoms with Crippen LogP contribution in [0.15, 0.2) is 53.3 Å². The van der Waals surface area contributed by atoms with Crippen LogP contribution in [0.1, 0.15) is 30.3 Å². The van der Waals surface area contributed by atoms with Crippen LogP contribution in [-0.2, 0) is 11.8 Å². The highest BCUT2D eigenvalue weighted by Gasteiger charge is 2.43. The van der Waals surface area contributed by atoms with E-state index in [4.69, 9.17) is 17.3 Å². The van der Waals surface area contributed by atoms with Crippen molar-refractivity contribution >= 4 is 61.8 Å². The number of alkyl halides is 1. The maximum absolute atomic E-state index is 15.7. The molecule has 1 aromatic carbocycles. The third kappa shape index (κ3) is 5.06. The van der Waals surface area contributed by atoms with Crippen LogP contribution in [-0.4, -0.2) is 38.6 Å². The van der Waals surface area contributed by atoms with Crippen molar-refractivity contribution in [2.24, 2.45) is 7.05 Å². The standard InChI is InChI=1S/C28H24BrClF2N6O2/c1-13(2)26(39)37-15-4-5-16(19(31)9-15)23-20(21-24(38(23)3)17(29)11-35-25(21)33)14-8-18(30)22(34-10-14)27(40)36-12-28(32)6-7-28/h4-5,8-11H,1,6-7,12H2,2-3H3,(H2,33,35)(H,36,40)(H,37,39). The summed E-state index contributed by atoms with van der Waals surface area (Å²) in [4.78, 5) is 33.2. The highest BCUT2D eigenvalue weighted by atomic mass is 79.9. The van der Waals surface area contributed by atoms with Gasteiger partial charge in [0.25, 0.3) is 11.8 Å². The van der Waals surface area contributed by atoms with E-state index >= 15 is 4.39 Å². The van der Waals surface area contributed by atoms with Gasteiger partial charge in [0.2, 0.25) is 0 Å². The molecule has 0 spiro atoms. The molecular formula is C28H24BrClF2N6O2. The quantitative estimate of drug-likeness (QED) is 0.211. The van der Waals surface area contributed by atoms with Gasteiger partial charge in [0, 0.05) is 47.4 Å². The number of nitrogens with one attached hydrogen (secondary N) is 2. The molecule has 0 saturated heterocycles. The van der Waals surface area contributed by atoms with Gasteiger partial charge in [0.05, 0.1) is 32.6 Å². The van der Waals surface area contributed by atoms with Crippen LogP contribution in [0.25, 0.3) is 33.3 Å². The minimum absolute atomic E-state index is 0.0292. The lowest BCUT2D eigenvalue weighted by atomic mass is 9.98. The summed E-state index contributed by atoms with van der Waals surface area (Å²) < 4.78 is 32.0. The number of aryl methyl sites for hydroxylation is 1. The van der Waals surface area contributed by atoms with E-state index in [0.29, 0.717) is 45.0 Å². The first-order valence-electron chi connectivity index (χ1n) is 12.2. The van der Waals surface area contributed by atoms with Crippen molar-refractivity contribution in [1.82, 2.24) is 19.9 Å². The van der Waals surface area contributed by atoms with E-state index in [2.05, 4.69) is 43.1 Å². The molecule has 2 amide bonds. The molecule has 0 radical (unpaired) electrons. The second-order valence-corrected chi connectivity index (χ2v) is 11.1. The molecule has 0 bridgehead atoms. The van der Waals surface area contributed by atoms with Crippen molar-refractivity contribution in [3.8, 4) is 22.4 Å². The second-order valence-electron chi connectivity index (χ2n) is 9.81. The highest BCUT2D eigenvalue weighted by Crippen LogP contribution is 2.45. The van der Waals surface area contributed by atoms with Crippen LogP contribution in [0, 0.1) is 5.82 Å². The van der Waals surface area contributed by atoms with Gasteiger partial charge in [-0.3, -0.25) is 9.59 Å². The average molecular weight is 630 g/mol. The number of nitrogens with two attached hydrogens (primary N) is 1. The summed E-state index contributed by atoms with van der Waals surface area (Å²) in [6.07, 6.45) is 3.79. The first-order chi connectivity index (χ1) is 18.9. The zero-order chi connectivity index (χ0) is 28.9. The molecule has 0 atom stereocenters. The minimum atomic E-state index is -1.37. The number of rotatable bonds is 7. The Labute approximate surface area is 241 Å². The van der Waals surface area contributed by atoms with Gasteiger partial charge in [-0.15, -0.1) is 0 Å². The SMILES string of the molecule is C=C(C)C(=O)Nc1ccc(-c2c(-c3cnc(C(=O)NCC4(F)CC4)c(Cl)c3)c3c(N)ncc(Br)c3n2C)c(F)c1. The van der Waals surface area contributed by atoms with E-state index < -0.39 is 23.3 Å². The van der Waals surface area contributed by atoms with Gasteiger partial charge in [-0.25, -0.2) is 18.7 Å². The summed E-state index contributed by atoms with van der Waals surface area (Å²) in [5, 5.41) is 5.69. The molecule has 1 aliphatic rings. The predicted molar refractivity (Wildman–Crippen MR) is 155 cm³/mol. The normalized spacial score (nSPS) is 13.8. The Hall–Kier alpha value is -3.83. The Balaban J connectivity index is 1.64. The number of anilines is 2. The molecule has 5 rings (SSSR count). The highest BCUT2D eigenvalue weighted by molar-refractivity contribution is 9.10. The summed E-state index contributed by atoms with van der Waals surface area (Å²) in [6.45, 7) is 5.03. The second kappa shape index (κ2) is 10.3. The molecule has 1 fully saturated rings. The van der Waals surface area contributed by atoms with Crippen LogP contribution in [0.5, 0.6) is 0 Å². The van der Waals surface area contributed by atoms with Crippen LogP contribution in [0.4, 0.5) is 20.3 Å². The minimum Gasteiger partial charge on any atom is -0.383 e. The molecule has 206 valence electrons. The predicted octanol–water partition coefficient (Wildman–Crippen LogP) is 6.19. The molecule has 0 aliphatic heterocycles. The van der Waals surface area contributed by atoms with E-state index in [1.807, 2.05) is 0 Å². The number of benzene rings is 1. The summed E-state index contributed by atoms with van der Waals surface area (Å²) in [6, 6.07) is 5.86. The van der Waals surface area contributed by atoms with E-state index in [-0.39, 0.29) is 39.9 Å². The maximum atomic E-state index is 15.7. The number of fused-ring (bicyclic) bond motifs is 1. The molecule has 0 unspecified atom stereocenters. The topological polar surface area (TPSA) is 115 Å². The first-order valence-corrected chi connectivity index (χ1v) is 13.4. The van der Waals surface area contributed by atoms with Gasteiger partial charge >= 0.3 is 0 Å². The fraction of sp³-hybridized carbons (Fsp3) is 0.214. The van der Waals surface area contributed by atoms with E-state index in [9.17, 15) is 14.0 Å². The summed E-state index contributed by atoms with van der Waals surface area (Å²) >= 11 is 10.0. The van der Waals surface area contributed by atoms with E-state index in [1.165, 1.54) is 18.3 Å². The number of hydrogen-bond acceptors (Lipinski definition) is 5. The largest absolute Gasteiger partial charge is 0.383 e. The van der Waals surface area contributed by atoms with Gasteiger partial charge < -0.3 is 20.9 Å². The fourth-order valence-corrected chi connectivity index (χ4v) is 5.28. The molecule has 8 nitrogen and oxygen atoms in total. The third-order valence-electron chi connectivity index (χ3n) is 6.77. The van der Waals surface area contributed by atoms with Crippen molar-refractivity contribution in [3.05, 3.63) is 69.8 Å². The van der Waals surface area contributed by atoms with Crippen LogP contribution >= 0.6 is 27.5 Å². The molecule has 1 saturated carbocycles. The Kier molecular flexibility index (Phi) is 7.13. The van der Waals surface area contributed by atoms with Crippen LogP contribution < -0.4 is 16.4 Å². The Morgan fingerprint density at radius 2 is 1.98 bits per heavy atom. The number of nitrogen functional groups attached to an aromatic ring is 1. The first kappa shape index (κ1) is 27.7.